The number of aliphatic hydroxyl groups excluding tert-OH is 1. The third-order valence-electron chi connectivity index (χ3n) is 4.94. The standard InChI is InChI=1S/C23H14Cl2FNO4/c24-14-2-1-3-16(11-14)27-20(13-6-9-18(28)17(25)10-13)19(22(30)23(27)31)21(29)12-4-7-15(26)8-5-12/h1-11,20,28-29H/b21-19-. The van der Waals surface area contributed by atoms with Gasteiger partial charge in [-0.3, -0.25) is 14.5 Å². The molecule has 0 spiro atoms. The van der Waals surface area contributed by atoms with Crippen molar-refractivity contribution in [2.45, 2.75) is 6.04 Å². The number of phenols is 1. The van der Waals surface area contributed by atoms with Gasteiger partial charge >= 0.3 is 0 Å². The summed E-state index contributed by atoms with van der Waals surface area (Å²) in [5, 5.41) is 21.1. The minimum absolute atomic E-state index is 0.0102. The third-order valence-corrected chi connectivity index (χ3v) is 5.47. The Labute approximate surface area is 186 Å². The van der Waals surface area contributed by atoms with Gasteiger partial charge in [0.05, 0.1) is 16.6 Å². The first-order valence-corrected chi connectivity index (χ1v) is 9.84. The van der Waals surface area contributed by atoms with Crippen LogP contribution in [0.1, 0.15) is 17.2 Å². The van der Waals surface area contributed by atoms with Crippen molar-refractivity contribution < 1.29 is 24.2 Å². The molecule has 1 amide bonds. The van der Waals surface area contributed by atoms with E-state index in [4.69, 9.17) is 23.2 Å². The van der Waals surface area contributed by atoms with E-state index in [0.717, 1.165) is 12.1 Å². The fourth-order valence-corrected chi connectivity index (χ4v) is 3.87. The van der Waals surface area contributed by atoms with Crippen LogP contribution >= 0.6 is 23.2 Å². The van der Waals surface area contributed by atoms with Crippen LogP contribution in [0.5, 0.6) is 5.75 Å². The first-order valence-electron chi connectivity index (χ1n) is 9.09. The highest BCUT2D eigenvalue weighted by molar-refractivity contribution is 6.52. The van der Waals surface area contributed by atoms with E-state index in [2.05, 4.69) is 0 Å². The number of anilines is 1. The van der Waals surface area contributed by atoms with Crippen LogP contribution in [-0.2, 0) is 9.59 Å². The Kier molecular flexibility index (Phi) is 5.43. The van der Waals surface area contributed by atoms with Gasteiger partial charge in [-0.1, -0.05) is 35.3 Å². The Morgan fingerprint density at radius 3 is 2.32 bits per heavy atom. The van der Waals surface area contributed by atoms with Crippen molar-refractivity contribution in [3.63, 3.8) is 0 Å². The molecule has 3 aromatic carbocycles. The largest absolute Gasteiger partial charge is 0.507 e. The molecule has 1 unspecified atom stereocenters. The first kappa shape index (κ1) is 20.9. The maximum absolute atomic E-state index is 13.3. The van der Waals surface area contributed by atoms with Gasteiger partial charge < -0.3 is 10.2 Å². The average molecular weight is 458 g/mol. The van der Waals surface area contributed by atoms with Crippen LogP contribution in [0.15, 0.2) is 72.3 Å². The highest BCUT2D eigenvalue weighted by Crippen LogP contribution is 2.43. The van der Waals surface area contributed by atoms with Crippen LogP contribution in [0.25, 0.3) is 5.76 Å². The van der Waals surface area contributed by atoms with E-state index in [1.165, 1.54) is 41.3 Å². The van der Waals surface area contributed by atoms with E-state index in [0.29, 0.717) is 16.3 Å². The van der Waals surface area contributed by atoms with Gasteiger partial charge in [0.25, 0.3) is 11.7 Å². The maximum Gasteiger partial charge on any atom is 0.300 e. The Bertz CT molecular complexity index is 1240. The monoisotopic (exact) mass is 457 g/mol. The molecule has 0 saturated carbocycles. The summed E-state index contributed by atoms with van der Waals surface area (Å²) < 4.78 is 13.3. The number of rotatable bonds is 3. The molecule has 4 rings (SSSR count). The second-order valence-corrected chi connectivity index (χ2v) is 7.71. The second kappa shape index (κ2) is 8.06. The summed E-state index contributed by atoms with van der Waals surface area (Å²) in [5.74, 6) is -2.95. The van der Waals surface area contributed by atoms with Gasteiger partial charge in [0.1, 0.15) is 17.3 Å². The lowest BCUT2D eigenvalue weighted by atomic mass is 9.95. The number of ketones is 1. The van der Waals surface area contributed by atoms with Crippen LogP contribution in [-0.4, -0.2) is 21.9 Å². The zero-order valence-corrected chi connectivity index (χ0v) is 17.2. The fourth-order valence-electron chi connectivity index (χ4n) is 3.50. The molecule has 8 heteroatoms. The molecule has 1 saturated heterocycles. The predicted octanol–water partition coefficient (Wildman–Crippen LogP) is 5.46. The number of hydrogen-bond acceptors (Lipinski definition) is 4. The van der Waals surface area contributed by atoms with Crippen molar-refractivity contribution in [1.82, 2.24) is 0 Å². The van der Waals surface area contributed by atoms with Gasteiger partial charge in [-0.25, -0.2) is 4.39 Å². The molecule has 0 bridgehead atoms. The average Bonchev–Trinajstić information content (AvgIpc) is 3.01. The van der Waals surface area contributed by atoms with E-state index < -0.39 is 29.3 Å². The molecular formula is C23H14Cl2FNO4. The van der Waals surface area contributed by atoms with Crippen molar-refractivity contribution in [3.05, 3.63) is 99.3 Å². The van der Waals surface area contributed by atoms with Gasteiger partial charge in [0, 0.05) is 16.3 Å². The molecule has 1 fully saturated rings. The van der Waals surface area contributed by atoms with Gasteiger partial charge in [-0.05, 0) is 60.2 Å². The first-order chi connectivity index (χ1) is 14.8. The molecule has 0 aliphatic carbocycles. The zero-order chi connectivity index (χ0) is 22.3. The number of halogens is 3. The number of aromatic hydroxyl groups is 1. The van der Waals surface area contributed by atoms with Crippen LogP contribution in [0.3, 0.4) is 0 Å². The number of carbonyl (C=O) groups excluding carboxylic acids is 2. The summed E-state index contributed by atoms with van der Waals surface area (Å²) in [7, 11) is 0. The van der Waals surface area contributed by atoms with E-state index >= 15 is 0 Å². The second-order valence-electron chi connectivity index (χ2n) is 6.87. The predicted molar refractivity (Wildman–Crippen MR) is 116 cm³/mol. The summed E-state index contributed by atoms with van der Waals surface area (Å²) in [6, 6.07) is 14.4. The number of hydrogen-bond donors (Lipinski definition) is 2. The molecule has 1 aliphatic rings. The number of nitrogens with zero attached hydrogens (tertiary/aromatic N) is 1. The molecule has 2 N–H and O–H groups in total. The van der Waals surface area contributed by atoms with Crippen LogP contribution in [0.2, 0.25) is 10.0 Å². The number of aliphatic hydroxyl groups is 1. The van der Waals surface area contributed by atoms with E-state index in [1.807, 2.05) is 0 Å². The molecule has 1 heterocycles. The lowest BCUT2D eigenvalue weighted by molar-refractivity contribution is -0.132. The smallest absolute Gasteiger partial charge is 0.300 e. The minimum atomic E-state index is -1.05. The highest BCUT2D eigenvalue weighted by atomic mass is 35.5. The molecular weight excluding hydrogens is 444 g/mol. The Balaban J connectivity index is 1.97. The number of phenolic OH excluding ortho intramolecular Hbond substituents is 1. The van der Waals surface area contributed by atoms with Crippen LogP contribution in [0.4, 0.5) is 10.1 Å². The van der Waals surface area contributed by atoms with Crippen LogP contribution < -0.4 is 4.90 Å². The summed E-state index contributed by atoms with van der Waals surface area (Å²) >= 11 is 12.1. The zero-order valence-electron chi connectivity index (χ0n) is 15.7. The lowest BCUT2D eigenvalue weighted by Gasteiger charge is -2.25. The minimum Gasteiger partial charge on any atom is -0.507 e. The Hall–Kier alpha value is -3.35. The number of benzene rings is 3. The number of amides is 1. The summed E-state index contributed by atoms with van der Waals surface area (Å²) in [4.78, 5) is 27.2. The Morgan fingerprint density at radius 1 is 0.968 bits per heavy atom. The number of carbonyl (C=O) groups is 2. The van der Waals surface area contributed by atoms with E-state index in [9.17, 15) is 24.2 Å². The van der Waals surface area contributed by atoms with E-state index in [-0.39, 0.29) is 21.9 Å². The molecule has 0 aromatic heterocycles. The molecule has 156 valence electrons. The van der Waals surface area contributed by atoms with Crippen molar-refractivity contribution >= 4 is 46.3 Å². The quantitative estimate of drug-likeness (QED) is 0.310. The Morgan fingerprint density at radius 2 is 1.68 bits per heavy atom. The summed E-state index contributed by atoms with van der Waals surface area (Å²) in [6.07, 6.45) is 0. The maximum atomic E-state index is 13.3. The van der Waals surface area contributed by atoms with Gasteiger partial charge in [-0.2, -0.15) is 0 Å². The van der Waals surface area contributed by atoms with Crippen molar-refractivity contribution in [2.75, 3.05) is 4.90 Å². The molecule has 5 nitrogen and oxygen atoms in total. The topological polar surface area (TPSA) is 77.8 Å². The van der Waals surface area contributed by atoms with Gasteiger partial charge in [0.2, 0.25) is 0 Å². The normalized spacial score (nSPS) is 17.9. The molecule has 1 aliphatic heterocycles. The molecule has 3 aromatic rings. The van der Waals surface area contributed by atoms with Crippen LogP contribution in [0, 0.1) is 5.82 Å². The summed E-state index contributed by atoms with van der Waals surface area (Å²) in [5.41, 5.74) is 0.686. The van der Waals surface area contributed by atoms with E-state index in [1.54, 1.807) is 18.2 Å². The SMILES string of the molecule is O=C1C(=O)N(c2cccc(Cl)c2)C(c2ccc(O)c(Cl)c2)/C1=C(/O)c1ccc(F)cc1. The van der Waals surface area contributed by atoms with Crippen molar-refractivity contribution in [1.29, 1.82) is 0 Å². The number of Topliss-reactive ketones (excluding diaryl/α,β-unsaturated/α-hetero) is 1. The highest BCUT2D eigenvalue weighted by Gasteiger charge is 2.47. The lowest BCUT2D eigenvalue weighted by Crippen LogP contribution is -2.29. The molecule has 1 atom stereocenters. The summed E-state index contributed by atoms with van der Waals surface area (Å²) in [6.45, 7) is 0. The third kappa shape index (κ3) is 3.76. The van der Waals surface area contributed by atoms with Gasteiger partial charge in [-0.15, -0.1) is 0 Å². The van der Waals surface area contributed by atoms with Gasteiger partial charge in [0.15, 0.2) is 0 Å². The molecule has 0 radical (unpaired) electrons. The molecule has 31 heavy (non-hydrogen) atoms. The van der Waals surface area contributed by atoms with Crippen molar-refractivity contribution in [2.24, 2.45) is 0 Å². The van der Waals surface area contributed by atoms with Crippen molar-refractivity contribution in [3.8, 4) is 5.75 Å². The fraction of sp³-hybridized carbons (Fsp3) is 0.0435.